The first kappa shape index (κ1) is 13.6. The normalized spacial score (nSPS) is 14.7. The highest BCUT2D eigenvalue weighted by Crippen LogP contribution is 2.14. The highest BCUT2D eigenvalue weighted by atomic mass is 16.2. The second-order valence-electron chi connectivity index (χ2n) is 4.86. The predicted octanol–water partition coefficient (Wildman–Crippen LogP) is 0.680. The number of likely N-dealkylation sites (tertiary alicyclic amines) is 1. The molecule has 1 aliphatic rings. The van der Waals surface area contributed by atoms with Crippen molar-refractivity contribution in [2.24, 2.45) is 0 Å². The summed E-state index contributed by atoms with van der Waals surface area (Å²) in [6, 6.07) is 1.70. The first-order chi connectivity index (χ1) is 9.10. The van der Waals surface area contributed by atoms with E-state index in [1.807, 2.05) is 23.8 Å². The summed E-state index contributed by atoms with van der Waals surface area (Å²) in [6.07, 6.45) is 2.94. The average Bonchev–Trinajstić information content (AvgIpc) is 2.91. The Morgan fingerprint density at radius 2 is 2.11 bits per heavy atom. The highest BCUT2D eigenvalue weighted by molar-refractivity contribution is 5.81. The van der Waals surface area contributed by atoms with Crippen LogP contribution in [0.15, 0.2) is 6.07 Å². The number of hydrogen-bond donors (Lipinski definition) is 1. The van der Waals surface area contributed by atoms with Crippen LogP contribution in [0.2, 0.25) is 0 Å². The quantitative estimate of drug-likeness (QED) is 0.864. The van der Waals surface area contributed by atoms with Gasteiger partial charge in [0, 0.05) is 32.6 Å². The van der Waals surface area contributed by atoms with E-state index in [0.29, 0.717) is 24.0 Å². The number of aryl methyl sites for hydroxylation is 1. The molecule has 2 rings (SSSR count). The molecule has 0 saturated carbocycles. The molecule has 6 nitrogen and oxygen atoms in total. The molecule has 6 heteroatoms. The van der Waals surface area contributed by atoms with E-state index in [0.717, 1.165) is 32.4 Å². The Labute approximate surface area is 113 Å². The molecular formula is C13H21N5O. The van der Waals surface area contributed by atoms with Crippen molar-refractivity contribution in [3.8, 4) is 0 Å². The zero-order valence-corrected chi connectivity index (χ0v) is 11.6. The van der Waals surface area contributed by atoms with Gasteiger partial charge in [-0.2, -0.15) is 0 Å². The van der Waals surface area contributed by atoms with Crippen LogP contribution in [0.25, 0.3) is 0 Å². The molecular weight excluding hydrogens is 242 g/mol. The van der Waals surface area contributed by atoms with E-state index in [2.05, 4.69) is 9.97 Å². The third-order valence-electron chi connectivity index (χ3n) is 3.32. The summed E-state index contributed by atoms with van der Waals surface area (Å²) < 4.78 is 0. The molecule has 0 aliphatic carbocycles. The topological polar surface area (TPSA) is 75.3 Å². The van der Waals surface area contributed by atoms with Crippen molar-refractivity contribution < 1.29 is 4.79 Å². The van der Waals surface area contributed by atoms with Gasteiger partial charge in [0.1, 0.15) is 17.5 Å². The molecule has 1 aromatic heterocycles. The second kappa shape index (κ2) is 5.86. The number of carbonyl (C=O) groups is 1. The first-order valence-electron chi connectivity index (χ1n) is 6.72. The van der Waals surface area contributed by atoms with Gasteiger partial charge in [0.2, 0.25) is 5.91 Å². The molecule has 0 radical (unpaired) electrons. The Morgan fingerprint density at radius 1 is 1.42 bits per heavy atom. The van der Waals surface area contributed by atoms with Crippen LogP contribution >= 0.6 is 0 Å². The standard InChI is InChI=1S/C13H21N5O/c1-3-11-15-10(14)8-12(16-11)17(2)9-13(19)18-6-4-5-7-18/h8H,3-7,9H2,1-2H3,(H2,14,15,16). The van der Waals surface area contributed by atoms with Crippen LogP contribution in [-0.4, -0.2) is 47.5 Å². The number of hydrogen-bond acceptors (Lipinski definition) is 5. The van der Waals surface area contributed by atoms with Crippen LogP contribution < -0.4 is 10.6 Å². The Balaban J connectivity index is 2.04. The van der Waals surface area contributed by atoms with Gasteiger partial charge < -0.3 is 15.5 Å². The van der Waals surface area contributed by atoms with Gasteiger partial charge >= 0.3 is 0 Å². The minimum absolute atomic E-state index is 0.148. The van der Waals surface area contributed by atoms with E-state index < -0.39 is 0 Å². The van der Waals surface area contributed by atoms with E-state index in [4.69, 9.17) is 5.73 Å². The van der Waals surface area contributed by atoms with Crippen LogP contribution in [-0.2, 0) is 11.2 Å². The van der Waals surface area contributed by atoms with Crippen LogP contribution in [0.1, 0.15) is 25.6 Å². The number of rotatable bonds is 4. The van der Waals surface area contributed by atoms with Gasteiger partial charge in [-0.25, -0.2) is 9.97 Å². The number of likely N-dealkylation sites (N-methyl/N-ethyl adjacent to an activating group) is 1. The van der Waals surface area contributed by atoms with E-state index in [-0.39, 0.29) is 5.91 Å². The molecule has 0 atom stereocenters. The predicted molar refractivity (Wildman–Crippen MR) is 74.9 cm³/mol. The zero-order chi connectivity index (χ0) is 13.8. The largest absolute Gasteiger partial charge is 0.384 e. The minimum Gasteiger partial charge on any atom is -0.384 e. The third kappa shape index (κ3) is 3.33. The number of carbonyl (C=O) groups excluding carboxylic acids is 1. The second-order valence-corrected chi connectivity index (χ2v) is 4.86. The molecule has 0 bridgehead atoms. The molecule has 1 aromatic rings. The summed E-state index contributed by atoms with van der Waals surface area (Å²) in [5.41, 5.74) is 5.75. The molecule has 2 heterocycles. The minimum atomic E-state index is 0.148. The van der Waals surface area contributed by atoms with E-state index >= 15 is 0 Å². The number of nitrogens with zero attached hydrogens (tertiary/aromatic N) is 4. The van der Waals surface area contributed by atoms with Crippen molar-refractivity contribution in [3.05, 3.63) is 11.9 Å². The molecule has 104 valence electrons. The van der Waals surface area contributed by atoms with Crippen LogP contribution in [0.5, 0.6) is 0 Å². The van der Waals surface area contributed by atoms with Crippen molar-refractivity contribution >= 4 is 17.5 Å². The summed E-state index contributed by atoms with van der Waals surface area (Å²) in [4.78, 5) is 24.3. The molecule has 0 unspecified atom stereocenters. The molecule has 1 fully saturated rings. The fourth-order valence-electron chi connectivity index (χ4n) is 2.21. The average molecular weight is 263 g/mol. The summed E-state index contributed by atoms with van der Waals surface area (Å²) in [5.74, 6) is 2.00. The first-order valence-corrected chi connectivity index (χ1v) is 6.72. The number of aromatic nitrogens is 2. The maximum atomic E-state index is 12.1. The summed E-state index contributed by atoms with van der Waals surface area (Å²) in [5, 5.41) is 0. The number of nitrogen functional groups attached to an aromatic ring is 1. The molecule has 0 aromatic carbocycles. The zero-order valence-electron chi connectivity index (χ0n) is 11.6. The Hall–Kier alpha value is -1.85. The fraction of sp³-hybridized carbons (Fsp3) is 0.615. The monoisotopic (exact) mass is 263 g/mol. The lowest BCUT2D eigenvalue weighted by molar-refractivity contribution is -0.128. The lowest BCUT2D eigenvalue weighted by Crippen LogP contribution is -2.37. The van der Waals surface area contributed by atoms with Crippen molar-refractivity contribution in [2.75, 3.05) is 37.3 Å². The molecule has 19 heavy (non-hydrogen) atoms. The van der Waals surface area contributed by atoms with Gasteiger partial charge in [-0.15, -0.1) is 0 Å². The van der Waals surface area contributed by atoms with Crippen LogP contribution in [0.3, 0.4) is 0 Å². The lowest BCUT2D eigenvalue weighted by atomic mass is 10.4. The van der Waals surface area contributed by atoms with Gasteiger partial charge in [0.15, 0.2) is 0 Å². The highest BCUT2D eigenvalue weighted by Gasteiger charge is 2.19. The van der Waals surface area contributed by atoms with Crippen LogP contribution in [0.4, 0.5) is 11.6 Å². The Morgan fingerprint density at radius 3 is 2.74 bits per heavy atom. The van der Waals surface area contributed by atoms with Crippen molar-refractivity contribution in [3.63, 3.8) is 0 Å². The summed E-state index contributed by atoms with van der Waals surface area (Å²) >= 11 is 0. The SMILES string of the molecule is CCc1nc(N)cc(N(C)CC(=O)N2CCCC2)n1. The molecule has 1 aliphatic heterocycles. The third-order valence-corrected chi connectivity index (χ3v) is 3.32. The van der Waals surface area contributed by atoms with Gasteiger partial charge in [-0.1, -0.05) is 6.92 Å². The van der Waals surface area contributed by atoms with Gasteiger partial charge in [0.05, 0.1) is 6.54 Å². The Bertz CT molecular complexity index is 456. The van der Waals surface area contributed by atoms with E-state index in [1.54, 1.807) is 6.07 Å². The number of anilines is 2. The molecule has 0 spiro atoms. The van der Waals surface area contributed by atoms with Gasteiger partial charge in [0.25, 0.3) is 0 Å². The Kier molecular flexibility index (Phi) is 4.19. The summed E-state index contributed by atoms with van der Waals surface area (Å²) in [6.45, 7) is 4.06. The van der Waals surface area contributed by atoms with Gasteiger partial charge in [-0.05, 0) is 12.8 Å². The van der Waals surface area contributed by atoms with Crippen molar-refractivity contribution in [1.82, 2.24) is 14.9 Å². The maximum absolute atomic E-state index is 12.1. The fourth-order valence-corrected chi connectivity index (χ4v) is 2.21. The molecule has 2 N–H and O–H groups in total. The van der Waals surface area contributed by atoms with E-state index in [9.17, 15) is 4.79 Å². The van der Waals surface area contributed by atoms with Gasteiger partial charge in [-0.3, -0.25) is 4.79 Å². The van der Waals surface area contributed by atoms with Crippen LogP contribution in [0, 0.1) is 0 Å². The molecule has 1 amide bonds. The molecule has 1 saturated heterocycles. The summed E-state index contributed by atoms with van der Waals surface area (Å²) in [7, 11) is 1.86. The smallest absolute Gasteiger partial charge is 0.242 e. The maximum Gasteiger partial charge on any atom is 0.242 e. The lowest BCUT2D eigenvalue weighted by Gasteiger charge is -2.22. The van der Waals surface area contributed by atoms with E-state index in [1.165, 1.54) is 0 Å². The van der Waals surface area contributed by atoms with Crippen molar-refractivity contribution in [1.29, 1.82) is 0 Å². The number of nitrogens with two attached hydrogens (primary N) is 1. The van der Waals surface area contributed by atoms with Crippen molar-refractivity contribution in [2.45, 2.75) is 26.2 Å². The number of amides is 1.